The molecule has 1 amide bonds. The van der Waals surface area contributed by atoms with Gasteiger partial charge in [-0.25, -0.2) is 0 Å². The fourth-order valence-electron chi connectivity index (χ4n) is 3.10. The van der Waals surface area contributed by atoms with E-state index in [2.05, 4.69) is 11.9 Å². The summed E-state index contributed by atoms with van der Waals surface area (Å²) in [6.07, 6.45) is 1.71. The number of benzene rings is 1. The number of amides is 1. The van der Waals surface area contributed by atoms with Crippen LogP contribution in [0.3, 0.4) is 0 Å². The Morgan fingerprint density at radius 3 is 2.64 bits per heavy atom. The summed E-state index contributed by atoms with van der Waals surface area (Å²) in [6.45, 7) is 3.18. The number of halogens is 1. The summed E-state index contributed by atoms with van der Waals surface area (Å²) in [5.74, 6) is 0.632. The second kappa shape index (κ2) is 6.44. The zero-order valence-electron chi connectivity index (χ0n) is 12.8. The highest BCUT2D eigenvalue weighted by molar-refractivity contribution is 6.30. The topological polar surface area (TPSA) is 42.0 Å². The van der Waals surface area contributed by atoms with Gasteiger partial charge in [0.2, 0.25) is 0 Å². The third-order valence-electron chi connectivity index (χ3n) is 4.42. The van der Waals surface area contributed by atoms with Crippen molar-refractivity contribution in [2.24, 2.45) is 0 Å². The number of nitrogens with zero attached hydrogens (tertiary/aromatic N) is 2. The molecule has 2 aliphatic rings. The Labute approximate surface area is 135 Å². The summed E-state index contributed by atoms with van der Waals surface area (Å²) in [4.78, 5) is 16.6. The van der Waals surface area contributed by atoms with Gasteiger partial charge < -0.3 is 19.3 Å². The van der Waals surface area contributed by atoms with E-state index < -0.39 is 5.72 Å². The molecule has 0 radical (unpaired) electrons. The van der Waals surface area contributed by atoms with Gasteiger partial charge in [0.1, 0.15) is 11.5 Å². The SMILES string of the molecule is CN1CCC2(CC1)OCCN2C(=O)COc1ccc(Cl)cc1. The lowest BCUT2D eigenvalue weighted by molar-refractivity contribution is -0.159. The molecule has 0 N–H and O–H groups in total. The van der Waals surface area contributed by atoms with E-state index in [0.717, 1.165) is 25.9 Å². The van der Waals surface area contributed by atoms with Gasteiger partial charge in [-0.05, 0) is 31.3 Å². The minimum atomic E-state index is -0.424. The average Bonchev–Trinajstić information content (AvgIpc) is 2.93. The molecule has 22 heavy (non-hydrogen) atoms. The van der Waals surface area contributed by atoms with Crippen LogP contribution >= 0.6 is 11.6 Å². The van der Waals surface area contributed by atoms with Crippen LogP contribution in [-0.4, -0.2) is 61.3 Å². The summed E-state index contributed by atoms with van der Waals surface area (Å²) < 4.78 is 11.5. The predicted octanol–water partition coefficient (Wildman–Crippen LogP) is 2.00. The first kappa shape index (κ1) is 15.6. The molecule has 2 fully saturated rings. The van der Waals surface area contributed by atoms with Gasteiger partial charge in [-0.1, -0.05) is 11.6 Å². The van der Waals surface area contributed by atoms with E-state index in [4.69, 9.17) is 21.1 Å². The van der Waals surface area contributed by atoms with E-state index in [1.54, 1.807) is 24.3 Å². The smallest absolute Gasteiger partial charge is 0.262 e. The first-order valence-corrected chi connectivity index (χ1v) is 7.98. The largest absolute Gasteiger partial charge is 0.484 e. The minimum absolute atomic E-state index is 0.0167. The molecule has 0 aromatic heterocycles. The molecule has 2 saturated heterocycles. The molecular formula is C16H21ClN2O3. The number of rotatable bonds is 3. The zero-order valence-corrected chi connectivity index (χ0v) is 13.5. The van der Waals surface area contributed by atoms with Gasteiger partial charge in [0, 0.05) is 37.5 Å². The third kappa shape index (κ3) is 3.21. The zero-order chi connectivity index (χ0) is 15.6. The molecule has 0 atom stereocenters. The number of hydrogen-bond acceptors (Lipinski definition) is 4. The molecule has 0 unspecified atom stereocenters. The fourth-order valence-corrected chi connectivity index (χ4v) is 3.22. The van der Waals surface area contributed by atoms with Crippen molar-refractivity contribution in [2.45, 2.75) is 18.6 Å². The maximum Gasteiger partial charge on any atom is 0.262 e. The molecular weight excluding hydrogens is 304 g/mol. The van der Waals surface area contributed by atoms with E-state index in [-0.39, 0.29) is 12.5 Å². The first-order valence-electron chi connectivity index (χ1n) is 7.60. The maximum atomic E-state index is 12.5. The second-order valence-electron chi connectivity index (χ2n) is 5.89. The van der Waals surface area contributed by atoms with E-state index >= 15 is 0 Å². The number of hydrogen-bond donors (Lipinski definition) is 0. The van der Waals surface area contributed by atoms with Crippen LogP contribution in [0.15, 0.2) is 24.3 Å². The standard InChI is InChI=1S/C16H21ClN2O3/c1-18-8-6-16(7-9-18)19(10-11-22-16)15(20)12-21-14-4-2-13(17)3-5-14/h2-5H,6-12H2,1H3. The maximum absolute atomic E-state index is 12.5. The molecule has 1 spiro atoms. The van der Waals surface area contributed by atoms with E-state index in [1.165, 1.54) is 0 Å². The number of carbonyl (C=O) groups excluding carboxylic acids is 1. The van der Waals surface area contributed by atoms with Crippen LogP contribution in [0.25, 0.3) is 0 Å². The Kier molecular flexibility index (Phi) is 4.57. The highest BCUT2D eigenvalue weighted by Gasteiger charge is 2.46. The van der Waals surface area contributed by atoms with Crippen molar-refractivity contribution in [3.8, 4) is 5.75 Å². The van der Waals surface area contributed by atoms with Crippen LogP contribution in [-0.2, 0) is 9.53 Å². The van der Waals surface area contributed by atoms with E-state index in [1.807, 2.05) is 4.90 Å². The van der Waals surface area contributed by atoms with Crippen LogP contribution in [0.5, 0.6) is 5.75 Å². The molecule has 0 bridgehead atoms. The molecule has 0 aliphatic carbocycles. The number of ether oxygens (including phenoxy) is 2. The molecule has 3 rings (SSSR count). The lowest BCUT2D eigenvalue weighted by atomic mass is 9.99. The van der Waals surface area contributed by atoms with Crippen molar-refractivity contribution in [3.05, 3.63) is 29.3 Å². The highest BCUT2D eigenvalue weighted by Crippen LogP contribution is 2.33. The van der Waals surface area contributed by atoms with Gasteiger partial charge in [0.25, 0.3) is 5.91 Å². The Morgan fingerprint density at radius 1 is 1.27 bits per heavy atom. The van der Waals surface area contributed by atoms with Crippen LogP contribution in [0.2, 0.25) is 5.02 Å². The molecule has 2 heterocycles. The molecule has 6 heteroatoms. The molecule has 1 aromatic rings. The van der Waals surface area contributed by atoms with Crippen molar-refractivity contribution >= 4 is 17.5 Å². The molecule has 1 aromatic carbocycles. The monoisotopic (exact) mass is 324 g/mol. The third-order valence-corrected chi connectivity index (χ3v) is 4.67. The van der Waals surface area contributed by atoms with Gasteiger partial charge in [-0.15, -0.1) is 0 Å². The molecule has 5 nitrogen and oxygen atoms in total. The van der Waals surface area contributed by atoms with Crippen molar-refractivity contribution < 1.29 is 14.3 Å². The van der Waals surface area contributed by atoms with Gasteiger partial charge in [0.05, 0.1) is 6.61 Å². The van der Waals surface area contributed by atoms with E-state index in [9.17, 15) is 4.79 Å². The second-order valence-corrected chi connectivity index (χ2v) is 6.32. The quantitative estimate of drug-likeness (QED) is 0.853. The van der Waals surface area contributed by atoms with Crippen molar-refractivity contribution in [1.29, 1.82) is 0 Å². The van der Waals surface area contributed by atoms with Crippen LogP contribution < -0.4 is 4.74 Å². The summed E-state index contributed by atoms with van der Waals surface area (Å²) in [7, 11) is 2.09. The predicted molar refractivity (Wildman–Crippen MR) is 84.1 cm³/mol. The van der Waals surface area contributed by atoms with Gasteiger partial charge in [0.15, 0.2) is 6.61 Å². The lowest BCUT2D eigenvalue weighted by Gasteiger charge is -2.42. The number of piperidine rings is 1. The molecule has 2 aliphatic heterocycles. The van der Waals surface area contributed by atoms with Crippen LogP contribution in [0, 0.1) is 0 Å². The van der Waals surface area contributed by atoms with Crippen molar-refractivity contribution in [3.63, 3.8) is 0 Å². The van der Waals surface area contributed by atoms with Crippen molar-refractivity contribution in [2.75, 3.05) is 39.9 Å². The normalized spacial score (nSPS) is 21.3. The highest BCUT2D eigenvalue weighted by atomic mass is 35.5. The molecule has 0 saturated carbocycles. The minimum Gasteiger partial charge on any atom is -0.484 e. The lowest BCUT2D eigenvalue weighted by Crippen LogP contribution is -2.55. The first-order chi connectivity index (χ1) is 10.6. The van der Waals surface area contributed by atoms with E-state index in [0.29, 0.717) is 23.9 Å². The number of likely N-dealkylation sites (tertiary alicyclic amines) is 1. The Hall–Kier alpha value is -1.30. The Morgan fingerprint density at radius 2 is 1.95 bits per heavy atom. The Balaban J connectivity index is 1.60. The summed E-state index contributed by atoms with van der Waals surface area (Å²) in [5.41, 5.74) is -0.424. The average molecular weight is 325 g/mol. The fraction of sp³-hybridized carbons (Fsp3) is 0.562. The van der Waals surface area contributed by atoms with Gasteiger partial charge in [-0.3, -0.25) is 4.79 Å². The number of carbonyl (C=O) groups is 1. The van der Waals surface area contributed by atoms with Crippen molar-refractivity contribution in [1.82, 2.24) is 9.80 Å². The summed E-state index contributed by atoms with van der Waals surface area (Å²) in [6, 6.07) is 7.03. The van der Waals surface area contributed by atoms with Gasteiger partial charge in [-0.2, -0.15) is 0 Å². The Bertz CT molecular complexity index is 527. The molecule has 120 valence electrons. The van der Waals surface area contributed by atoms with Crippen LogP contribution in [0.4, 0.5) is 0 Å². The summed E-state index contributed by atoms with van der Waals surface area (Å²) >= 11 is 5.84. The van der Waals surface area contributed by atoms with Gasteiger partial charge >= 0.3 is 0 Å². The summed E-state index contributed by atoms with van der Waals surface area (Å²) in [5, 5.41) is 0.650. The van der Waals surface area contributed by atoms with Crippen LogP contribution in [0.1, 0.15) is 12.8 Å².